The first kappa shape index (κ1) is 11.9. The molecule has 2 aliphatic rings. The molecule has 2 aliphatic carbocycles. The maximum atomic E-state index is 10.1. The Morgan fingerprint density at radius 1 is 1.38 bits per heavy atom. The normalized spacial score (nSPS) is 39.5. The van der Waals surface area contributed by atoms with Gasteiger partial charge >= 0.3 is 0 Å². The molecule has 16 heavy (non-hydrogen) atoms. The third kappa shape index (κ3) is 1.98. The van der Waals surface area contributed by atoms with Crippen LogP contribution in [0, 0.1) is 17.8 Å². The van der Waals surface area contributed by atoms with Crippen LogP contribution in [0.2, 0.25) is 0 Å². The summed E-state index contributed by atoms with van der Waals surface area (Å²) >= 11 is 0. The summed E-state index contributed by atoms with van der Waals surface area (Å²) in [5.41, 5.74) is 4.14. The average molecular weight is 220 g/mol. The van der Waals surface area contributed by atoms with Gasteiger partial charge in [-0.05, 0) is 62.9 Å². The largest absolute Gasteiger partial charge is 0.389 e. The minimum atomic E-state index is -0.163. The molecule has 0 bridgehead atoms. The highest BCUT2D eigenvalue weighted by Crippen LogP contribution is 2.46. The Kier molecular flexibility index (Phi) is 3.25. The second-order valence-corrected chi connectivity index (χ2v) is 5.89. The van der Waals surface area contributed by atoms with E-state index in [-0.39, 0.29) is 6.10 Å². The summed E-state index contributed by atoms with van der Waals surface area (Å²) in [7, 11) is 0. The fourth-order valence-electron chi connectivity index (χ4n) is 3.56. The van der Waals surface area contributed by atoms with Gasteiger partial charge in [0.25, 0.3) is 0 Å². The smallest absolute Gasteiger partial charge is 0.0758 e. The Balaban J connectivity index is 2.27. The van der Waals surface area contributed by atoms with Gasteiger partial charge in [-0.1, -0.05) is 24.6 Å². The Morgan fingerprint density at radius 2 is 2.06 bits per heavy atom. The van der Waals surface area contributed by atoms with Crippen molar-refractivity contribution in [3.05, 3.63) is 23.3 Å². The van der Waals surface area contributed by atoms with E-state index >= 15 is 0 Å². The molecule has 0 saturated heterocycles. The summed E-state index contributed by atoms with van der Waals surface area (Å²) in [5.74, 6) is 1.91. The van der Waals surface area contributed by atoms with Gasteiger partial charge in [-0.3, -0.25) is 0 Å². The van der Waals surface area contributed by atoms with Gasteiger partial charge in [-0.25, -0.2) is 0 Å². The molecule has 0 spiro atoms. The molecule has 90 valence electrons. The van der Waals surface area contributed by atoms with Crippen LogP contribution in [0.15, 0.2) is 23.3 Å². The zero-order valence-electron chi connectivity index (χ0n) is 10.8. The second-order valence-electron chi connectivity index (χ2n) is 5.89. The number of rotatable bonds is 1. The quantitative estimate of drug-likeness (QED) is 0.668. The summed E-state index contributed by atoms with van der Waals surface area (Å²) in [6.45, 7) is 10.8. The highest BCUT2D eigenvalue weighted by Gasteiger charge is 2.38. The van der Waals surface area contributed by atoms with E-state index in [4.69, 9.17) is 0 Å². The van der Waals surface area contributed by atoms with Crippen molar-refractivity contribution in [1.29, 1.82) is 0 Å². The molecular formula is C15H24O. The Labute approximate surface area is 99.3 Å². The van der Waals surface area contributed by atoms with E-state index in [9.17, 15) is 5.11 Å². The zero-order valence-corrected chi connectivity index (χ0v) is 10.8. The van der Waals surface area contributed by atoms with Crippen LogP contribution >= 0.6 is 0 Å². The highest BCUT2D eigenvalue weighted by atomic mass is 16.3. The zero-order chi connectivity index (χ0) is 11.9. The molecule has 1 saturated carbocycles. The van der Waals surface area contributed by atoms with Gasteiger partial charge < -0.3 is 5.11 Å². The van der Waals surface area contributed by atoms with Crippen LogP contribution in [0.5, 0.6) is 0 Å². The average Bonchev–Trinajstić information content (AvgIpc) is 2.39. The number of hydrogen-bond donors (Lipinski definition) is 1. The van der Waals surface area contributed by atoms with Crippen LogP contribution in [0.1, 0.15) is 46.5 Å². The van der Waals surface area contributed by atoms with Crippen molar-refractivity contribution >= 4 is 0 Å². The van der Waals surface area contributed by atoms with Crippen molar-refractivity contribution in [2.75, 3.05) is 0 Å². The second kappa shape index (κ2) is 4.37. The van der Waals surface area contributed by atoms with Crippen molar-refractivity contribution < 1.29 is 5.11 Å². The third-order valence-corrected chi connectivity index (χ3v) is 4.64. The molecule has 0 aromatic carbocycles. The fourth-order valence-corrected chi connectivity index (χ4v) is 3.56. The number of aliphatic hydroxyl groups excluding tert-OH is 1. The van der Waals surface area contributed by atoms with E-state index in [0.29, 0.717) is 17.8 Å². The molecule has 1 N–H and O–H groups in total. The van der Waals surface area contributed by atoms with Gasteiger partial charge in [0, 0.05) is 0 Å². The summed E-state index contributed by atoms with van der Waals surface area (Å²) in [6.07, 6.45) is 4.37. The molecule has 1 heteroatoms. The van der Waals surface area contributed by atoms with Gasteiger partial charge in [0.15, 0.2) is 0 Å². The summed E-state index contributed by atoms with van der Waals surface area (Å²) in [5, 5.41) is 10.1. The molecule has 0 amide bonds. The lowest BCUT2D eigenvalue weighted by Gasteiger charge is -2.22. The standard InChI is InChI=1S/C15H24O/c1-9(2)12-6-5-10(3)15-13(8-12)11(4)7-14(15)16/h11-14,16H,1,5-8H2,2-4H3. The van der Waals surface area contributed by atoms with Gasteiger partial charge in [-0.15, -0.1) is 0 Å². The maximum Gasteiger partial charge on any atom is 0.0758 e. The third-order valence-electron chi connectivity index (χ3n) is 4.64. The van der Waals surface area contributed by atoms with Crippen molar-refractivity contribution in [2.24, 2.45) is 17.8 Å². The van der Waals surface area contributed by atoms with Gasteiger partial charge in [0.2, 0.25) is 0 Å². The highest BCUT2D eigenvalue weighted by molar-refractivity contribution is 5.27. The van der Waals surface area contributed by atoms with Crippen molar-refractivity contribution in [3.63, 3.8) is 0 Å². The van der Waals surface area contributed by atoms with Gasteiger partial charge in [0.05, 0.1) is 6.10 Å². The van der Waals surface area contributed by atoms with Crippen molar-refractivity contribution in [2.45, 2.75) is 52.6 Å². The maximum absolute atomic E-state index is 10.1. The molecular weight excluding hydrogens is 196 g/mol. The summed E-state index contributed by atoms with van der Waals surface area (Å²) in [6, 6.07) is 0. The van der Waals surface area contributed by atoms with E-state index in [1.54, 1.807) is 0 Å². The Morgan fingerprint density at radius 3 is 2.69 bits per heavy atom. The minimum absolute atomic E-state index is 0.163. The molecule has 2 rings (SSSR count). The van der Waals surface area contributed by atoms with Crippen LogP contribution in [-0.2, 0) is 0 Å². The Bertz CT molecular complexity index is 326. The monoisotopic (exact) mass is 220 g/mol. The van der Waals surface area contributed by atoms with Crippen LogP contribution in [0.4, 0.5) is 0 Å². The van der Waals surface area contributed by atoms with Crippen LogP contribution in [0.3, 0.4) is 0 Å². The number of aliphatic hydroxyl groups is 1. The lowest BCUT2D eigenvalue weighted by Crippen LogP contribution is -2.12. The first-order valence-corrected chi connectivity index (χ1v) is 6.53. The molecule has 0 heterocycles. The topological polar surface area (TPSA) is 20.2 Å². The number of allylic oxidation sites excluding steroid dienone is 2. The molecule has 4 unspecified atom stereocenters. The molecule has 4 atom stereocenters. The van der Waals surface area contributed by atoms with Crippen LogP contribution < -0.4 is 0 Å². The molecule has 0 aromatic heterocycles. The SMILES string of the molecule is C=C(C)C1CCC(C)=C2C(O)CC(C)C2C1. The number of hydrogen-bond acceptors (Lipinski definition) is 1. The molecule has 0 radical (unpaired) electrons. The van der Waals surface area contributed by atoms with Gasteiger partial charge in [0.1, 0.15) is 0 Å². The van der Waals surface area contributed by atoms with E-state index in [2.05, 4.69) is 27.4 Å². The van der Waals surface area contributed by atoms with Crippen molar-refractivity contribution in [1.82, 2.24) is 0 Å². The van der Waals surface area contributed by atoms with E-state index in [1.165, 1.54) is 29.6 Å². The predicted octanol–water partition coefficient (Wildman–Crippen LogP) is 3.70. The number of fused-ring (bicyclic) bond motifs is 1. The minimum Gasteiger partial charge on any atom is -0.389 e. The van der Waals surface area contributed by atoms with Crippen LogP contribution in [0.25, 0.3) is 0 Å². The summed E-state index contributed by atoms with van der Waals surface area (Å²) in [4.78, 5) is 0. The lowest BCUT2D eigenvalue weighted by atomic mass is 9.83. The van der Waals surface area contributed by atoms with Gasteiger partial charge in [-0.2, -0.15) is 0 Å². The van der Waals surface area contributed by atoms with E-state index < -0.39 is 0 Å². The summed E-state index contributed by atoms with van der Waals surface area (Å²) < 4.78 is 0. The molecule has 1 fully saturated rings. The molecule has 0 aliphatic heterocycles. The van der Waals surface area contributed by atoms with E-state index in [1.807, 2.05) is 0 Å². The Hall–Kier alpha value is -0.560. The molecule has 1 nitrogen and oxygen atoms in total. The van der Waals surface area contributed by atoms with E-state index in [0.717, 1.165) is 12.8 Å². The van der Waals surface area contributed by atoms with Crippen LogP contribution in [-0.4, -0.2) is 11.2 Å². The first-order chi connectivity index (χ1) is 7.50. The first-order valence-electron chi connectivity index (χ1n) is 6.53. The fraction of sp³-hybridized carbons (Fsp3) is 0.733. The predicted molar refractivity (Wildman–Crippen MR) is 68.1 cm³/mol. The lowest BCUT2D eigenvalue weighted by molar-refractivity contribution is 0.208. The van der Waals surface area contributed by atoms with Crippen molar-refractivity contribution in [3.8, 4) is 0 Å². The molecule has 0 aromatic rings.